The number of urea groups is 1. The molecule has 0 unspecified atom stereocenters. The van der Waals surface area contributed by atoms with Crippen LogP contribution in [0.3, 0.4) is 0 Å². The van der Waals surface area contributed by atoms with Crippen molar-refractivity contribution in [1.82, 2.24) is 10.6 Å². The number of carbonyl (C=O) groups excluding carboxylic acids is 2. The van der Waals surface area contributed by atoms with Gasteiger partial charge in [0.25, 0.3) is 0 Å². The largest absolute Gasteiger partial charge is 0.459 e. The first kappa shape index (κ1) is 19.3. The lowest BCUT2D eigenvalue weighted by molar-refractivity contribution is -0.146. The third kappa shape index (κ3) is 4.43. The van der Waals surface area contributed by atoms with E-state index in [1.165, 1.54) is 6.42 Å². The Morgan fingerprint density at radius 3 is 2.52 bits per heavy atom. The number of nitrogens with one attached hydrogen (secondary N) is 2. The van der Waals surface area contributed by atoms with Crippen molar-refractivity contribution in [2.45, 2.75) is 51.7 Å². The Labute approximate surface area is 161 Å². The van der Waals surface area contributed by atoms with E-state index in [0.29, 0.717) is 17.2 Å². The van der Waals surface area contributed by atoms with Crippen LogP contribution in [0.1, 0.15) is 51.1 Å². The number of carbonyl (C=O) groups is 2. The van der Waals surface area contributed by atoms with E-state index in [1.807, 2.05) is 43.3 Å². The van der Waals surface area contributed by atoms with Crippen molar-refractivity contribution in [2.24, 2.45) is 5.92 Å². The molecule has 146 valence electrons. The van der Waals surface area contributed by atoms with E-state index >= 15 is 0 Å². The van der Waals surface area contributed by atoms with Crippen molar-refractivity contribution < 1.29 is 14.3 Å². The second-order valence-electron chi connectivity index (χ2n) is 7.86. The molecule has 2 aliphatic rings. The molecule has 6 heteroatoms. The minimum absolute atomic E-state index is 0.0454. The molecule has 1 saturated carbocycles. The van der Waals surface area contributed by atoms with Crippen molar-refractivity contribution >= 4 is 17.7 Å². The molecule has 2 N–H and O–H groups in total. The lowest BCUT2D eigenvalue weighted by atomic mass is 9.88. The van der Waals surface area contributed by atoms with Crippen LogP contribution in [0.5, 0.6) is 0 Å². The highest BCUT2D eigenvalue weighted by Gasteiger charge is 2.34. The van der Waals surface area contributed by atoms with E-state index in [1.54, 1.807) is 6.92 Å². The van der Waals surface area contributed by atoms with Gasteiger partial charge in [-0.2, -0.15) is 0 Å². The van der Waals surface area contributed by atoms with Crippen LogP contribution in [0.4, 0.5) is 10.5 Å². The Balaban J connectivity index is 1.84. The third-order valence-corrected chi connectivity index (χ3v) is 5.39. The van der Waals surface area contributed by atoms with Gasteiger partial charge in [0.05, 0.1) is 11.6 Å². The molecule has 1 aromatic carbocycles. The van der Waals surface area contributed by atoms with Crippen LogP contribution in [0, 0.1) is 5.92 Å². The molecule has 2 amide bonds. The van der Waals surface area contributed by atoms with E-state index in [4.69, 9.17) is 4.74 Å². The molecule has 1 heterocycles. The number of nitrogens with zero attached hydrogens (tertiary/aromatic N) is 1. The SMILES string of the molecule is CC1=C(C(=O)O[C@H]2CCC[C@H](C)C2)[C@@H](c2ccc(N(C)C)cc2)NC(=O)N1. The Kier molecular flexibility index (Phi) is 5.73. The van der Waals surface area contributed by atoms with E-state index in [2.05, 4.69) is 17.6 Å². The first-order chi connectivity index (χ1) is 12.8. The van der Waals surface area contributed by atoms with Gasteiger partial charge in [-0.3, -0.25) is 0 Å². The number of anilines is 1. The Hall–Kier alpha value is -2.50. The number of allylic oxidation sites excluding steroid dienone is 1. The van der Waals surface area contributed by atoms with E-state index < -0.39 is 6.04 Å². The summed E-state index contributed by atoms with van der Waals surface area (Å²) in [5.74, 6) is 0.228. The summed E-state index contributed by atoms with van der Waals surface area (Å²) in [7, 11) is 3.94. The van der Waals surface area contributed by atoms with E-state index in [-0.39, 0.29) is 18.1 Å². The van der Waals surface area contributed by atoms with Crippen LogP contribution >= 0.6 is 0 Å². The Bertz CT molecular complexity index is 740. The second kappa shape index (κ2) is 8.03. The van der Waals surface area contributed by atoms with Gasteiger partial charge in [0.15, 0.2) is 0 Å². The van der Waals surface area contributed by atoms with Crippen LogP contribution in [-0.2, 0) is 9.53 Å². The van der Waals surface area contributed by atoms with Gasteiger partial charge >= 0.3 is 12.0 Å². The topological polar surface area (TPSA) is 70.7 Å². The highest BCUT2D eigenvalue weighted by molar-refractivity contribution is 5.95. The fourth-order valence-electron chi connectivity index (χ4n) is 3.88. The van der Waals surface area contributed by atoms with Crippen molar-refractivity contribution in [3.8, 4) is 0 Å². The quantitative estimate of drug-likeness (QED) is 0.795. The molecule has 1 aliphatic heterocycles. The molecule has 0 spiro atoms. The van der Waals surface area contributed by atoms with Gasteiger partial charge in [0, 0.05) is 25.5 Å². The van der Waals surface area contributed by atoms with Crippen LogP contribution < -0.4 is 15.5 Å². The molecular weight excluding hydrogens is 342 g/mol. The van der Waals surface area contributed by atoms with Gasteiger partial charge in [-0.1, -0.05) is 25.5 Å². The summed E-state index contributed by atoms with van der Waals surface area (Å²) in [6, 6.07) is 7.01. The van der Waals surface area contributed by atoms with Crippen molar-refractivity contribution in [2.75, 3.05) is 19.0 Å². The molecule has 6 nitrogen and oxygen atoms in total. The zero-order valence-electron chi connectivity index (χ0n) is 16.5. The lowest BCUT2D eigenvalue weighted by Crippen LogP contribution is -2.45. The average molecular weight is 371 g/mol. The standard InChI is InChI=1S/C21H29N3O3/c1-13-6-5-7-17(12-13)27-20(25)18-14(2)22-21(26)23-19(18)15-8-10-16(11-9-15)24(3)4/h8-11,13,17,19H,5-7,12H2,1-4H3,(H2,22,23,26)/t13-,17-,19+/m0/s1. The second-order valence-corrected chi connectivity index (χ2v) is 7.86. The lowest BCUT2D eigenvalue weighted by Gasteiger charge is -2.31. The molecule has 1 fully saturated rings. The molecule has 3 rings (SSSR count). The number of ether oxygens (including phenoxy) is 1. The minimum atomic E-state index is -0.511. The summed E-state index contributed by atoms with van der Waals surface area (Å²) >= 11 is 0. The predicted molar refractivity (Wildman–Crippen MR) is 105 cm³/mol. The van der Waals surface area contributed by atoms with Crippen LogP contribution in [-0.4, -0.2) is 32.2 Å². The molecule has 0 radical (unpaired) electrons. The number of amides is 2. The predicted octanol–water partition coefficient (Wildman–Crippen LogP) is 3.50. The van der Waals surface area contributed by atoms with Crippen molar-refractivity contribution in [3.63, 3.8) is 0 Å². The van der Waals surface area contributed by atoms with Crippen molar-refractivity contribution in [3.05, 3.63) is 41.1 Å². The molecule has 0 aromatic heterocycles. The summed E-state index contributed by atoms with van der Waals surface area (Å²) in [6.45, 7) is 3.95. The average Bonchev–Trinajstić information content (AvgIpc) is 2.61. The number of hydrogen-bond donors (Lipinski definition) is 2. The molecular formula is C21H29N3O3. The monoisotopic (exact) mass is 371 g/mol. The van der Waals surface area contributed by atoms with Gasteiger partial charge in [0.2, 0.25) is 0 Å². The summed E-state index contributed by atoms with van der Waals surface area (Å²) in [6.07, 6.45) is 4.04. The van der Waals surface area contributed by atoms with E-state index in [0.717, 1.165) is 30.5 Å². The van der Waals surface area contributed by atoms with Crippen molar-refractivity contribution in [1.29, 1.82) is 0 Å². The third-order valence-electron chi connectivity index (χ3n) is 5.39. The maximum atomic E-state index is 13.0. The molecule has 0 bridgehead atoms. The van der Waals surface area contributed by atoms with Gasteiger partial charge in [-0.25, -0.2) is 9.59 Å². The summed E-state index contributed by atoms with van der Waals surface area (Å²) in [4.78, 5) is 27.0. The summed E-state index contributed by atoms with van der Waals surface area (Å²) < 4.78 is 5.82. The van der Waals surface area contributed by atoms with Gasteiger partial charge in [0.1, 0.15) is 6.10 Å². The molecule has 1 aliphatic carbocycles. The maximum Gasteiger partial charge on any atom is 0.338 e. The zero-order valence-corrected chi connectivity index (χ0v) is 16.5. The molecule has 27 heavy (non-hydrogen) atoms. The van der Waals surface area contributed by atoms with Crippen LogP contribution in [0.25, 0.3) is 0 Å². The molecule has 1 aromatic rings. The Morgan fingerprint density at radius 2 is 1.89 bits per heavy atom. The zero-order chi connectivity index (χ0) is 19.6. The summed E-state index contributed by atoms with van der Waals surface area (Å²) in [5.41, 5.74) is 2.94. The summed E-state index contributed by atoms with van der Waals surface area (Å²) in [5, 5.41) is 5.57. The number of hydrogen-bond acceptors (Lipinski definition) is 4. The molecule has 3 atom stereocenters. The van der Waals surface area contributed by atoms with Crippen LogP contribution in [0.2, 0.25) is 0 Å². The number of rotatable bonds is 4. The fourth-order valence-corrected chi connectivity index (χ4v) is 3.88. The molecule has 0 saturated heterocycles. The highest BCUT2D eigenvalue weighted by atomic mass is 16.5. The highest BCUT2D eigenvalue weighted by Crippen LogP contribution is 2.31. The minimum Gasteiger partial charge on any atom is -0.459 e. The normalized spacial score (nSPS) is 25.5. The van der Waals surface area contributed by atoms with Crippen LogP contribution in [0.15, 0.2) is 35.5 Å². The smallest absolute Gasteiger partial charge is 0.338 e. The first-order valence-corrected chi connectivity index (χ1v) is 9.61. The fraction of sp³-hybridized carbons (Fsp3) is 0.524. The first-order valence-electron chi connectivity index (χ1n) is 9.61. The van der Waals surface area contributed by atoms with E-state index in [9.17, 15) is 9.59 Å². The van der Waals surface area contributed by atoms with Gasteiger partial charge < -0.3 is 20.3 Å². The van der Waals surface area contributed by atoms with Gasteiger partial charge in [-0.15, -0.1) is 0 Å². The number of benzene rings is 1. The maximum absolute atomic E-state index is 13.0. The Morgan fingerprint density at radius 1 is 1.19 bits per heavy atom. The van der Waals surface area contributed by atoms with Gasteiger partial charge in [-0.05, 0) is 49.8 Å². The number of esters is 1.